The Bertz CT molecular complexity index is 2470. The number of hydrogen-bond acceptors (Lipinski definition) is 4. The Morgan fingerprint density at radius 2 is 0.673 bits per heavy atom. The number of nitrogens with zero attached hydrogens (tertiary/aromatic N) is 3. The molecule has 0 N–H and O–H groups in total. The van der Waals surface area contributed by atoms with E-state index in [-0.39, 0.29) is 0 Å². The van der Waals surface area contributed by atoms with Crippen molar-refractivity contribution in [1.82, 2.24) is 15.0 Å². The minimum Gasteiger partial charge on any atom is -0.456 e. The van der Waals surface area contributed by atoms with Crippen molar-refractivity contribution in [3.8, 4) is 67.5 Å². The SMILES string of the molecule is c1ccc(-c2ccc(-c3nc(-c4ccc(-c5ccccc5)cc4)nc(-c4cccc(-c5ccc6oc7ccccc7c6c5)c4)n3)cc2)cc1. The average Bonchev–Trinajstić information content (AvgIpc) is 3.57. The van der Waals surface area contributed by atoms with Crippen molar-refractivity contribution >= 4 is 21.9 Å². The summed E-state index contributed by atoms with van der Waals surface area (Å²) in [7, 11) is 0. The van der Waals surface area contributed by atoms with Crippen LogP contribution in [-0.4, -0.2) is 15.0 Å². The van der Waals surface area contributed by atoms with Gasteiger partial charge in [-0.1, -0.05) is 152 Å². The van der Waals surface area contributed by atoms with Crippen molar-refractivity contribution in [1.29, 1.82) is 0 Å². The molecule has 0 saturated carbocycles. The van der Waals surface area contributed by atoms with Crippen molar-refractivity contribution in [2.24, 2.45) is 0 Å². The summed E-state index contributed by atoms with van der Waals surface area (Å²) in [6, 6.07) is 60.5. The summed E-state index contributed by atoms with van der Waals surface area (Å²) < 4.78 is 6.08. The first kappa shape index (κ1) is 28.6. The molecule has 0 spiro atoms. The molecule has 0 unspecified atom stereocenters. The number of benzene rings is 7. The minimum absolute atomic E-state index is 0.621. The van der Waals surface area contributed by atoms with Gasteiger partial charge in [0, 0.05) is 27.5 Å². The van der Waals surface area contributed by atoms with Gasteiger partial charge in [0.25, 0.3) is 0 Å². The second kappa shape index (κ2) is 12.2. The van der Waals surface area contributed by atoms with Gasteiger partial charge in [-0.25, -0.2) is 15.0 Å². The van der Waals surface area contributed by atoms with Crippen LogP contribution in [0, 0.1) is 0 Å². The second-order valence-electron chi connectivity index (χ2n) is 12.1. The molecule has 230 valence electrons. The molecule has 0 amide bonds. The molecular formula is C45H29N3O. The van der Waals surface area contributed by atoms with Gasteiger partial charge in [0.15, 0.2) is 17.5 Å². The molecule has 0 saturated heterocycles. The number of fused-ring (bicyclic) bond motifs is 3. The summed E-state index contributed by atoms with van der Waals surface area (Å²) >= 11 is 0. The van der Waals surface area contributed by atoms with Crippen LogP contribution in [-0.2, 0) is 0 Å². The van der Waals surface area contributed by atoms with Crippen LogP contribution in [0.5, 0.6) is 0 Å². The lowest BCUT2D eigenvalue weighted by Crippen LogP contribution is -2.00. The Labute approximate surface area is 284 Å². The quantitative estimate of drug-likeness (QED) is 0.184. The average molecular weight is 628 g/mol. The normalized spacial score (nSPS) is 11.3. The Kier molecular flexibility index (Phi) is 7.10. The Balaban J connectivity index is 1.14. The molecule has 4 nitrogen and oxygen atoms in total. The number of aromatic nitrogens is 3. The maximum Gasteiger partial charge on any atom is 0.164 e. The molecule has 0 radical (unpaired) electrons. The zero-order valence-electron chi connectivity index (χ0n) is 26.5. The van der Waals surface area contributed by atoms with Crippen LogP contribution in [0.15, 0.2) is 180 Å². The van der Waals surface area contributed by atoms with Gasteiger partial charge in [-0.05, 0) is 57.6 Å². The summed E-state index contributed by atoms with van der Waals surface area (Å²) in [5.41, 5.74) is 11.4. The Hall–Kier alpha value is -6.65. The van der Waals surface area contributed by atoms with Gasteiger partial charge in [0.1, 0.15) is 11.2 Å². The van der Waals surface area contributed by atoms with Crippen LogP contribution in [0.1, 0.15) is 0 Å². The van der Waals surface area contributed by atoms with Gasteiger partial charge in [-0.3, -0.25) is 0 Å². The van der Waals surface area contributed by atoms with Crippen molar-refractivity contribution in [3.63, 3.8) is 0 Å². The number of rotatable bonds is 6. The minimum atomic E-state index is 0.621. The fourth-order valence-electron chi connectivity index (χ4n) is 6.39. The van der Waals surface area contributed by atoms with Crippen LogP contribution in [0.3, 0.4) is 0 Å². The molecule has 7 aromatic carbocycles. The lowest BCUT2D eigenvalue weighted by molar-refractivity contribution is 0.669. The fraction of sp³-hybridized carbons (Fsp3) is 0. The summed E-state index contributed by atoms with van der Waals surface area (Å²) in [6.45, 7) is 0. The van der Waals surface area contributed by atoms with Crippen LogP contribution in [0.25, 0.3) is 89.5 Å². The van der Waals surface area contributed by atoms with Gasteiger partial charge < -0.3 is 4.42 Å². The first-order valence-electron chi connectivity index (χ1n) is 16.4. The summed E-state index contributed by atoms with van der Waals surface area (Å²) in [5, 5.41) is 2.21. The molecule has 2 heterocycles. The molecule has 0 aliphatic carbocycles. The second-order valence-corrected chi connectivity index (χ2v) is 12.1. The van der Waals surface area contributed by atoms with E-state index in [0.717, 1.165) is 60.9 Å². The van der Waals surface area contributed by atoms with Crippen LogP contribution in [0.4, 0.5) is 0 Å². The van der Waals surface area contributed by atoms with Gasteiger partial charge in [-0.15, -0.1) is 0 Å². The topological polar surface area (TPSA) is 51.8 Å². The highest BCUT2D eigenvalue weighted by atomic mass is 16.3. The highest BCUT2D eigenvalue weighted by Crippen LogP contribution is 2.34. The molecule has 2 aromatic heterocycles. The van der Waals surface area contributed by atoms with Crippen LogP contribution < -0.4 is 0 Å². The third-order valence-corrected chi connectivity index (χ3v) is 8.97. The monoisotopic (exact) mass is 627 g/mol. The Morgan fingerprint density at radius 3 is 1.29 bits per heavy atom. The lowest BCUT2D eigenvalue weighted by atomic mass is 10.0. The van der Waals surface area contributed by atoms with E-state index in [1.165, 1.54) is 11.1 Å². The predicted molar refractivity (Wildman–Crippen MR) is 200 cm³/mol. The standard InChI is InChI=1S/C45H29N3O/c1-3-10-30(11-4-1)32-18-22-34(23-19-32)43-46-44(35-24-20-33(21-25-35)31-12-5-2-6-13-31)48-45(47-43)38-15-9-14-36(28-38)37-26-27-42-40(29-37)39-16-7-8-17-41(39)49-42/h1-29H. The van der Waals surface area contributed by atoms with E-state index < -0.39 is 0 Å². The van der Waals surface area contributed by atoms with E-state index >= 15 is 0 Å². The molecule has 4 heteroatoms. The molecule has 0 fully saturated rings. The molecule has 0 bridgehead atoms. The van der Waals surface area contributed by atoms with Crippen LogP contribution >= 0.6 is 0 Å². The first-order valence-corrected chi connectivity index (χ1v) is 16.4. The molecule has 0 aliphatic rings. The van der Waals surface area contributed by atoms with Crippen LogP contribution in [0.2, 0.25) is 0 Å². The summed E-state index contributed by atoms with van der Waals surface area (Å²) in [4.78, 5) is 15.1. The molecule has 0 aliphatic heterocycles. The number of para-hydroxylation sites is 1. The molecular weight excluding hydrogens is 599 g/mol. The van der Waals surface area contributed by atoms with Crippen molar-refractivity contribution < 1.29 is 4.42 Å². The largest absolute Gasteiger partial charge is 0.456 e. The highest BCUT2D eigenvalue weighted by molar-refractivity contribution is 6.06. The predicted octanol–water partition coefficient (Wildman–Crippen LogP) is 11.8. The summed E-state index contributed by atoms with van der Waals surface area (Å²) in [6.07, 6.45) is 0. The first-order chi connectivity index (χ1) is 24.2. The van der Waals surface area contributed by atoms with E-state index in [1.807, 2.05) is 30.3 Å². The number of furan rings is 1. The van der Waals surface area contributed by atoms with E-state index in [0.29, 0.717) is 17.5 Å². The van der Waals surface area contributed by atoms with Crippen molar-refractivity contribution in [3.05, 3.63) is 176 Å². The zero-order chi connectivity index (χ0) is 32.6. The number of hydrogen-bond donors (Lipinski definition) is 0. The molecule has 9 rings (SSSR count). The molecule has 49 heavy (non-hydrogen) atoms. The van der Waals surface area contributed by atoms with Crippen molar-refractivity contribution in [2.75, 3.05) is 0 Å². The van der Waals surface area contributed by atoms with E-state index in [9.17, 15) is 0 Å². The maximum atomic E-state index is 6.08. The lowest BCUT2D eigenvalue weighted by Gasteiger charge is -2.11. The maximum absolute atomic E-state index is 6.08. The molecule has 0 atom stereocenters. The van der Waals surface area contributed by atoms with Gasteiger partial charge in [-0.2, -0.15) is 0 Å². The van der Waals surface area contributed by atoms with Gasteiger partial charge >= 0.3 is 0 Å². The van der Waals surface area contributed by atoms with E-state index in [2.05, 4.69) is 146 Å². The smallest absolute Gasteiger partial charge is 0.164 e. The third kappa shape index (κ3) is 5.56. The molecule has 9 aromatic rings. The van der Waals surface area contributed by atoms with Crippen molar-refractivity contribution in [2.45, 2.75) is 0 Å². The van der Waals surface area contributed by atoms with Gasteiger partial charge in [0.05, 0.1) is 0 Å². The highest BCUT2D eigenvalue weighted by Gasteiger charge is 2.15. The van der Waals surface area contributed by atoms with Gasteiger partial charge in [0.2, 0.25) is 0 Å². The van der Waals surface area contributed by atoms with E-state index in [1.54, 1.807) is 0 Å². The Morgan fingerprint density at radius 1 is 0.265 bits per heavy atom. The zero-order valence-corrected chi connectivity index (χ0v) is 26.5. The van der Waals surface area contributed by atoms with E-state index in [4.69, 9.17) is 19.4 Å². The third-order valence-electron chi connectivity index (χ3n) is 8.97. The fourth-order valence-corrected chi connectivity index (χ4v) is 6.39. The summed E-state index contributed by atoms with van der Waals surface area (Å²) in [5.74, 6) is 1.88.